The van der Waals surface area contributed by atoms with Gasteiger partial charge >= 0.3 is 12.1 Å². The number of methoxy groups -OCH3 is 1. The Hall–Kier alpha value is -1.83. The number of ether oxygens (including phenoxy) is 2. The zero-order chi connectivity index (χ0) is 16.8. The van der Waals surface area contributed by atoms with Gasteiger partial charge in [0, 0.05) is 19.5 Å². The minimum atomic E-state index is -0.583. The van der Waals surface area contributed by atoms with E-state index in [0.717, 1.165) is 12.8 Å². The van der Waals surface area contributed by atoms with Gasteiger partial charge in [0.1, 0.15) is 0 Å². The molecule has 0 aliphatic heterocycles. The van der Waals surface area contributed by atoms with Crippen molar-refractivity contribution in [3.05, 3.63) is 0 Å². The van der Waals surface area contributed by atoms with E-state index in [-0.39, 0.29) is 18.3 Å². The van der Waals surface area contributed by atoms with Crippen molar-refractivity contribution in [1.82, 2.24) is 10.6 Å². The molecule has 0 spiro atoms. The fourth-order valence-corrected chi connectivity index (χ4v) is 1.67. The summed E-state index contributed by atoms with van der Waals surface area (Å²) >= 11 is 0. The van der Waals surface area contributed by atoms with Crippen molar-refractivity contribution in [3.8, 4) is 0 Å². The van der Waals surface area contributed by atoms with E-state index >= 15 is 0 Å². The maximum Gasteiger partial charge on any atom is 0.407 e. The molecule has 8 heteroatoms. The molecule has 0 saturated carbocycles. The summed E-state index contributed by atoms with van der Waals surface area (Å²) in [5.74, 6) is -0.532. The Morgan fingerprint density at radius 1 is 1.09 bits per heavy atom. The van der Waals surface area contributed by atoms with Crippen LogP contribution in [0.15, 0.2) is 0 Å². The van der Waals surface area contributed by atoms with E-state index in [1.807, 2.05) is 0 Å². The highest BCUT2D eigenvalue weighted by Gasteiger charge is 2.12. The number of nitrogens with one attached hydrogen (secondary N) is 2. The lowest BCUT2D eigenvalue weighted by molar-refractivity contribution is -0.140. The van der Waals surface area contributed by atoms with Crippen LogP contribution in [0.5, 0.6) is 0 Å². The first-order valence-corrected chi connectivity index (χ1v) is 7.52. The molecule has 0 aromatic carbocycles. The van der Waals surface area contributed by atoms with Crippen LogP contribution in [0.4, 0.5) is 4.79 Å². The molecule has 0 aromatic heterocycles. The Bertz CT molecular complexity index is 349. The Labute approximate surface area is 131 Å². The van der Waals surface area contributed by atoms with Gasteiger partial charge in [-0.25, -0.2) is 4.79 Å². The molecule has 0 saturated heterocycles. The fourth-order valence-electron chi connectivity index (χ4n) is 1.67. The number of nitrogens with two attached hydrogens (primary N) is 1. The maximum atomic E-state index is 11.7. The number of rotatable bonds is 11. The number of alkyl carbamates (subject to hydrolysis) is 1. The van der Waals surface area contributed by atoms with Crippen LogP contribution in [0.2, 0.25) is 0 Å². The standard InChI is InChI=1S/C14H27N3O5/c1-3-22-14(20)17-9-5-4-7-11(15)13(19)16-10-6-8-12(18)21-2/h11H,3-10,15H2,1-2H3,(H,16,19)(H,17,20). The van der Waals surface area contributed by atoms with Crippen LogP contribution in [0.3, 0.4) is 0 Å². The van der Waals surface area contributed by atoms with E-state index in [1.165, 1.54) is 7.11 Å². The minimum absolute atomic E-state index is 0.233. The van der Waals surface area contributed by atoms with Crippen molar-refractivity contribution in [1.29, 1.82) is 0 Å². The highest BCUT2D eigenvalue weighted by Crippen LogP contribution is 1.99. The van der Waals surface area contributed by atoms with Gasteiger partial charge in [0.25, 0.3) is 0 Å². The summed E-state index contributed by atoms with van der Waals surface area (Å²) in [6.07, 6.45) is 2.34. The molecule has 128 valence electrons. The van der Waals surface area contributed by atoms with Crippen LogP contribution in [-0.4, -0.2) is 50.8 Å². The molecule has 1 unspecified atom stereocenters. The lowest BCUT2D eigenvalue weighted by Gasteiger charge is -2.12. The van der Waals surface area contributed by atoms with Crippen LogP contribution >= 0.6 is 0 Å². The van der Waals surface area contributed by atoms with E-state index < -0.39 is 12.1 Å². The summed E-state index contributed by atoms with van der Waals surface area (Å²) in [4.78, 5) is 33.6. The van der Waals surface area contributed by atoms with Crippen molar-refractivity contribution in [2.75, 3.05) is 26.8 Å². The Morgan fingerprint density at radius 2 is 1.77 bits per heavy atom. The predicted octanol–water partition coefficient (Wildman–Crippen LogP) is 0.300. The number of carbonyl (C=O) groups is 3. The number of amides is 2. The molecule has 0 heterocycles. The summed E-state index contributed by atoms with van der Waals surface area (Å²) < 4.78 is 9.21. The Balaban J connectivity index is 3.57. The molecule has 0 rings (SSSR count). The monoisotopic (exact) mass is 317 g/mol. The second kappa shape index (κ2) is 12.9. The largest absolute Gasteiger partial charge is 0.469 e. The van der Waals surface area contributed by atoms with Crippen LogP contribution < -0.4 is 16.4 Å². The summed E-state index contributed by atoms with van der Waals surface area (Å²) in [5, 5.41) is 5.27. The van der Waals surface area contributed by atoms with E-state index in [1.54, 1.807) is 6.92 Å². The lowest BCUT2D eigenvalue weighted by atomic mass is 10.1. The van der Waals surface area contributed by atoms with Crippen LogP contribution in [0.1, 0.15) is 39.0 Å². The molecule has 8 nitrogen and oxygen atoms in total. The summed E-state index contributed by atoms with van der Waals surface area (Å²) in [6, 6.07) is -0.583. The van der Waals surface area contributed by atoms with Gasteiger partial charge in [0.15, 0.2) is 0 Å². The summed E-state index contributed by atoms with van der Waals surface area (Å²) in [6.45, 7) is 2.97. The number of esters is 1. The number of hydrogen-bond donors (Lipinski definition) is 3. The van der Waals surface area contributed by atoms with Gasteiger partial charge < -0.3 is 25.8 Å². The van der Waals surface area contributed by atoms with E-state index in [4.69, 9.17) is 10.5 Å². The van der Waals surface area contributed by atoms with Gasteiger partial charge in [0.05, 0.1) is 19.8 Å². The molecule has 1 atom stereocenters. The topological polar surface area (TPSA) is 120 Å². The first kappa shape index (κ1) is 20.2. The van der Waals surface area contributed by atoms with Crippen LogP contribution in [0.25, 0.3) is 0 Å². The van der Waals surface area contributed by atoms with Gasteiger partial charge in [-0.3, -0.25) is 9.59 Å². The van der Waals surface area contributed by atoms with Gasteiger partial charge in [-0.2, -0.15) is 0 Å². The second-order valence-electron chi connectivity index (χ2n) is 4.72. The minimum Gasteiger partial charge on any atom is -0.469 e. The van der Waals surface area contributed by atoms with E-state index in [0.29, 0.717) is 32.5 Å². The number of unbranched alkanes of at least 4 members (excludes halogenated alkanes) is 1. The molecule has 0 aliphatic rings. The van der Waals surface area contributed by atoms with Gasteiger partial charge in [-0.05, 0) is 32.6 Å². The molecule has 2 amide bonds. The highest BCUT2D eigenvalue weighted by atomic mass is 16.5. The van der Waals surface area contributed by atoms with Crippen LogP contribution in [-0.2, 0) is 19.1 Å². The molecule has 0 radical (unpaired) electrons. The van der Waals surface area contributed by atoms with Gasteiger partial charge in [-0.1, -0.05) is 0 Å². The van der Waals surface area contributed by atoms with E-state index in [2.05, 4.69) is 15.4 Å². The van der Waals surface area contributed by atoms with E-state index in [9.17, 15) is 14.4 Å². The average Bonchev–Trinajstić information content (AvgIpc) is 2.50. The molecule has 0 bridgehead atoms. The highest BCUT2D eigenvalue weighted by molar-refractivity contribution is 5.81. The number of carbonyl (C=O) groups excluding carboxylic acids is 3. The maximum absolute atomic E-state index is 11.7. The Kier molecular flexibility index (Phi) is 11.8. The quantitative estimate of drug-likeness (QED) is 0.372. The number of hydrogen-bond acceptors (Lipinski definition) is 6. The molecule has 0 fully saturated rings. The van der Waals surface area contributed by atoms with Crippen molar-refractivity contribution in [3.63, 3.8) is 0 Å². The first-order chi connectivity index (χ1) is 10.5. The average molecular weight is 317 g/mol. The molecule has 22 heavy (non-hydrogen) atoms. The zero-order valence-corrected chi connectivity index (χ0v) is 13.4. The fraction of sp³-hybridized carbons (Fsp3) is 0.786. The van der Waals surface area contributed by atoms with Crippen molar-refractivity contribution >= 4 is 18.0 Å². The molecular formula is C14H27N3O5. The first-order valence-electron chi connectivity index (χ1n) is 7.52. The smallest absolute Gasteiger partial charge is 0.407 e. The van der Waals surface area contributed by atoms with Gasteiger partial charge in [0.2, 0.25) is 5.91 Å². The lowest BCUT2D eigenvalue weighted by Crippen LogP contribution is -2.41. The predicted molar refractivity (Wildman–Crippen MR) is 81.1 cm³/mol. The summed E-state index contributed by atoms with van der Waals surface area (Å²) in [7, 11) is 1.33. The van der Waals surface area contributed by atoms with Crippen molar-refractivity contribution < 1.29 is 23.9 Å². The normalized spacial score (nSPS) is 11.4. The molecular weight excluding hydrogens is 290 g/mol. The third-order valence-corrected chi connectivity index (χ3v) is 2.91. The summed E-state index contributed by atoms with van der Waals surface area (Å²) in [5.41, 5.74) is 5.76. The SMILES string of the molecule is CCOC(=O)NCCCCC(N)C(=O)NCCCC(=O)OC. The third kappa shape index (κ3) is 10.9. The third-order valence-electron chi connectivity index (χ3n) is 2.91. The molecule has 0 aromatic rings. The molecule has 0 aliphatic carbocycles. The second-order valence-corrected chi connectivity index (χ2v) is 4.72. The molecule has 4 N–H and O–H groups in total. The van der Waals surface area contributed by atoms with Gasteiger partial charge in [-0.15, -0.1) is 0 Å². The Morgan fingerprint density at radius 3 is 2.41 bits per heavy atom. The van der Waals surface area contributed by atoms with Crippen molar-refractivity contribution in [2.24, 2.45) is 5.73 Å². The zero-order valence-electron chi connectivity index (χ0n) is 13.4. The van der Waals surface area contributed by atoms with Crippen LogP contribution in [0, 0.1) is 0 Å². The van der Waals surface area contributed by atoms with Crippen molar-refractivity contribution in [2.45, 2.75) is 45.1 Å².